The van der Waals surface area contributed by atoms with Gasteiger partial charge in [0.25, 0.3) is 0 Å². The molecule has 16 heavy (non-hydrogen) atoms. The van der Waals surface area contributed by atoms with Gasteiger partial charge < -0.3 is 9.47 Å². The summed E-state index contributed by atoms with van der Waals surface area (Å²) in [6, 6.07) is 5.26. The fraction of sp³-hybridized carbons (Fsp3) is 0.364. The van der Waals surface area contributed by atoms with Crippen molar-refractivity contribution in [3.63, 3.8) is 0 Å². The van der Waals surface area contributed by atoms with Gasteiger partial charge in [0, 0.05) is 8.95 Å². The van der Waals surface area contributed by atoms with Gasteiger partial charge >= 0.3 is 6.16 Å². The molecule has 88 valence electrons. The lowest BCUT2D eigenvalue weighted by Crippen LogP contribution is -2.11. The van der Waals surface area contributed by atoms with Crippen LogP contribution in [0.4, 0.5) is 4.79 Å². The number of carbonyl (C=O) groups excluding carboxylic acids is 1. The Kier molecular flexibility index (Phi) is 5.84. The molecule has 0 atom stereocenters. The molecule has 0 spiro atoms. The fourth-order valence-corrected chi connectivity index (χ4v) is 2.26. The summed E-state index contributed by atoms with van der Waals surface area (Å²) in [6.07, 6.45) is 1.16. The quantitative estimate of drug-likeness (QED) is 0.454. The number of halogens is 2. The van der Waals surface area contributed by atoms with Gasteiger partial charge in [0.05, 0.1) is 6.61 Å². The highest BCUT2D eigenvalue weighted by atomic mass is 79.9. The lowest BCUT2D eigenvalue weighted by molar-refractivity contribution is 0.0978. The van der Waals surface area contributed by atoms with E-state index in [4.69, 9.17) is 9.47 Å². The van der Waals surface area contributed by atoms with E-state index in [9.17, 15) is 4.79 Å². The monoisotopic (exact) mass is 350 g/mol. The van der Waals surface area contributed by atoms with Crippen LogP contribution >= 0.6 is 31.9 Å². The first-order valence-electron chi connectivity index (χ1n) is 4.92. The van der Waals surface area contributed by atoms with Crippen LogP contribution in [0, 0.1) is 0 Å². The molecule has 0 saturated carbocycles. The third-order valence-corrected chi connectivity index (χ3v) is 2.67. The Morgan fingerprint density at radius 1 is 1.25 bits per heavy atom. The van der Waals surface area contributed by atoms with Gasteiger partial charge in [-0.25, -0.2) is 4.79 Å². The number of unbranched alkanes of at least 4 members (excludes halogenated alkanes) is 1. The molecule has 1 rings (SSSR count). The Morgan fingerprint density at radius 2 is 1.88 bits per heavy atom. The second kappa shape index (κ2) is 6.91. The molecule has 0 aliphatic rings. The van der Waals surface area contributed by atoms with E-state index in [2.05, 4.69) is 31.9 Å². The van der Waals surface area contributed by atoms with Crippen LogP contribution in [0.1, 0.15) is 19.8 Å². The molecule has 1 aromatic rings. The van der Waals surface area contributed by atoms with Gasteiger partial charge in [-0.3, -0.25) is 0 Å². The Labute approximate surface area is 111 Å². The van der Waals surface area contributed by atoms with E-state index in [1.165, 1.54) is 0 Å². The van der Waals surface area contributed by atoms with Crippen molar-refractivity contribution in [1.29, 1.82) is 0 Å². The molecule has 0 aliphatic heterocycles. The maximum atomic E-state index is 11.2. The van der Waals surface area contributed by atoms with Crippen molar-refractivity contribution in [2.24, 2.45) is 0 Å². The summed E-state index contributed by atoms with van der Waals surface area (Å²) in [6.45, 7) is 2.42. The highest BCUT2D eigenvalue weighted by Crippen LogP contribution is 2.25. The van der Waals surface area contributed by atoms with Crippen LogP contribution < -0.4 is 4.74 Å². The number of ether oxygens (including phenoxy) is 2. The van der Waals surface area contributed by atoms with Crippen LogP contribution in [0.15, 0.2) is 27.1 Å². The maximum absolute atomic E-state index is 11.2. The van der Waals surface area contributed by atoms with Gasteiger partial charge in [0.1, 0.15) is 5.75 Å². The van der Waals surface area contributed by atoms with E-state index < -0.39 is 6.16 Å². The predicted octanol–water partition coefficient (Wildman–Crippen LogP) is 4.53. The van der Waals surface area contributed by atoms with Crippen molar-refractivity contribution in [3.05, 3.63) is 27.1 Å². The molecule has 3 nitrogen and oxygen atoms in total. The number of rotatable bonds is 4. The van der Waals surface area contributed by atoms with Crippen molar-refractivity contribution in [2.45, 2.75) is 19.8 Å². The smallest absolute Gasteiger partial charge is 0.434 e. The van der Waals surface area contributed by atoms with E-state index in [1.807, 2.05) is 13.0 Å². The minimum absolute atomic E-state index is 0.393. The molecule has 0 aliphatic carbocycles. The third kappa shape index (κ3) is 4.99. The normalized spacial score (nSPS) is 9.94. The topological polar surface area (TPSA) is 35.5 Å². The van der Waals surface area contributed by atoms with Crippen molar-refractivity contribution in [3.8, 4) is 5.75 Å². The fourth-order valence-electron chi connectivity index (χ4n) is 1.01. The number of hydrogen-bond acceptors (Lipinski definition) is 3. The summed E-state index contributed by atoms with van der Waals surface area (Å²) in [5.74, 6) is 0.447. The molecule has 0 radical (unpaired) electrons. The minimum Gasteiger partial charge on any atom is -0.434 e. The maximum Gasteiger partial charge on any atom is 0.513 e. The highest BCUT2D eigenvalue weighted by molar-refractivity contribution is 9.11. The van der Waals surface area contributed by atoms with Crippen molar-refractivity contribution < 1.29 is 14.3 Å². The summed E-state index contributed by atoms with van der Waals surface area (Å²) in [5.41, 5.74) is 0. The largest absolute Gasteiger partial charge is 0.513 e. The van der Waals surface area contributed by atoms with Gasteiger partial charge in [-0.15, -0.1) is 0 Å². The van der Waals surface area contributed by atoms with Crippen molar-refractivity contribution >= 4 is 38.0 Å². The average molecular weight is 352 g/mol. The summed E-state index contributed by atoms with van der Waals surface area (Å²) in [4.78, 5) is 11.2. The van der Waals surface area contributed by atoms with E-state index in [0.29, 0.717) is 12.4 Å². The molecule has 0 amide bonds. The lowest BCUT2D eigenvalue weighted by Gasteiger charge is -2.06. The first kappa shape index (κ1) is 13.5. The first-order chi connectivity index (χ1) is 7.61. The molecule has 0 N–H and O–H groups in total. The number of hydrogen-bond donors (Lipinski definition) is 0. The predicted molar refractivity (Wildman–Crippen MR) is 68.7 cm³/mol. The molecule has 0 unspecified atom stereocenters. The summed E-state index contributed by atoms with van der Waals surface area (Å²) < 4.78 is 11.5. The number of benzene rings is 1. The first-order valence-corrected chi connectivity index (χ1v) is 6.51. The minimum atomic E-state index is -0.668. The van der Waals surface area contributed by atoms with Crippen LogP contribution in [0.3, 0.4) is 0 Å². The summed E-state index contributed by atoms with van der Waals surface area (Å²) in [5, 5.41) is 0. The number of carbonyl (C=O) groups is 1. The highest BCUT2D eigenvalue weighted by Gasteiger charge is 2.06. The lowest BCUT2D eigenvalue weighted by atomic mass is 10.3. The molecular weight excluding hydrogens is 340 g/mol. The van der Waals surface area contributed by atoms with Crippen LogP contribution in [-0.4, -0.2) is 12.8 Å². The van der Waals surface area contributed by atoms with Gasteiger partial charge in [0.2, 0.25) is 0 Å². The molecule has 0 bridgehead atoms. The molecule has 0 aromatic heterocycles. The zero-order chi connectivity index (χ0) is 12.0. The molecular formula is C11H12Br2O3. The van der Waals surface area contributed by atoms with Gasteiger partial charge in [-0.1, -0.05) is 45.2 Å². The van der Waals surface area contributed by atoms with E-state index in [0.717, 1.165) is 21.8 Å². The molecule has 0 heterocycles. The molecule has 5 heteroatoms. The second-order valence-electron chi connectivity index (χ2n) is 3.16. The van der Waals surface area contributed by atoms with Gasteiger partial charge in [0.15, 0.2) is 0 Å². The summed E-state index contributed by atoms with van der Waals surface area (Å²) in [7, 11) is 0. The van der Waals surface area contributed by atoms with Crippen molar-refractivity contribution in [2.75, 3.05) is 6.61 Å². The molecule has 0 fully saturated rings. The van der Waals surface area contributed by atoms with E-state index in [-0.39, 0.29) is 0 Å². The zero-order valence-corrected chi connectivity index (χ0v) is 12.0. The Morgan fingerprint density at radius 3 is 2.44 bits per heavy atom. The molecule has 1 aromatic carbocycles. The van der Waals surface area contributed by atoms with E-state index in [1.54, 1.807) is 12.1 Å². The van der Waals surface area contributed by atoms with E-state index >= 15 is 0 Å². The van der Waals surface area contributed by atoms with Crippen LogP contribution in [0.25, 0.3) is 0 Å². The summed E-state index contributed by atoms with van der Waals surface area (Å²) >= 11 is 6.61. The van der Waals surface area contributed by atoms with Crippen LogP contribution in [0.5, 0.6) is 5.75 Å². The molecule has 0 saturated heterocycles. The standard InChI is InChI=1S/C11H12Br2O3/c1-2-3-4-15-11(14)16-10-6-8(12)5-9(13)7-10/h5-7H,2-4H2,1H3. The Bertz CT molecular complexity index is 346. The van der Waals surface area contributed by atoms with Gasteiger partial charge in [-0.05, 0) is 24.6 Å². The average Bonchev–Trinajstić information content (AvgIpc) is 2.16. The van der Waals surface area contributed by atoms with Crippen LogP contribution in [0.2, 0.25) is 0 Å². The Balaban J connectivity index is 2.49. The van der Waals surface area contributed by atoms with Crippen molar-refractivity contribution in [1.82, 2.24) is 0 Å². The third-order valence-electron chi connectivity index (χ3n) is 1.76. The SMILES string of the molecule is CCCCOC(=O)Oc1cc(Br)cc(Br)c1. The second-order valence-corrected chi connectivity index (χ2v) is 4.99. The van der Waals surface area contributed by atoms with Crippen LogP contribution in [-0.2, 0) is 4.74 Å². The zero-order valence-electron chi connectivity index (χ0n) is 8.83. The Hall–Kier alpha value is -0.550. The van der Waals surface area contributed by atoms with Gasteiger partial charge in [-0.2, -0.15) is 0 Å².